The molecule has 0 aliphatic heterocycles. The Morgan fingerprint density at radius 1 is 0.203 bits per heavy atom. The lowest BCUT2D eigenvalue weighted by atomic mass is 9.78. The smallest absolute Gasteiger partial charge is 0.338 e. The Kier molecular flexibility index (Phi) is 34.2. The van der Waals surface area contributed by atoms with Crippen molar-refractivity contribution in [3.63, 3.8) is 0 Å². The van der Waals surface area contributed by atoms with Gasteiger partial charge in [0.1, 0.15) is 0 Å². The van der Waals surface area contributed by atoms with Crippen LogP contribution in [0.1, 0.15) is 309 Å². The van der Waals surface area contributed by atoms with Crippen LogP contribution < -0.4 is 0 Å². The number of esters is 2. The van der Waals surface area contributed by atoms with E-state index >= 15 is 0 Å². The number of ether oxygens (including phenoxy) is 2. The van der Waals surface area contributed by atoms with E-state index in [1.807, 2.05) is 122 Å². The predicted octanol–water partition coefficient (Wildman–Crippen LogP) is 40.4. The zero-order valence-corrected chi connectivity index (χ0v) is 97.7. The van der Waals surface area contributed by atoms with Crippen LogP contribution in [0.15, 0.2) is 279 Å². The van der Waals surface area contributed by atoms with E-state index < -0.39 is 0 Å². The van der Waals surface area contributed by atoms with Crippen LogP contribution in [0.4, 0.5) is 0 Å². The van der Waals surface area contributed by atoms with Crippen molar-refractivity contribution in [2.45, 2.75) is 355 Å². The van der Waals surface area contributed by atoms with Crippen molar-refractivity contribution in [1.29, 1.82) is 0 Å². The molecule has 16 aromatic rings. The van der Waals surface area contributed by atoms with Gasteiger partial charge in [-0.1, -0.05) is 419 Å². The number of aryl methyl sites for hydroxylation is 6. The Balaban J connectivity index is 0.000000162. The number of benzene rings is 16. The molecule has 0 saturated carbocycles. The van der Waals surface area contributed by atoms with Gasteiger partial charge in [-0.05, 0) is 364 Å². The van der Waals surface area contributed by atoms with Crippen LogP contribution >= 0.6 is 58.8 Å². The van der Waals surface area contributed by atoms with Crippen molar-refractivity contribution in [3.05, 3.63) is 364 Å². The maximum Gasteiger partial charge on any atom is 0.338 e. The number of carbonyl (C=O) groups excluding carboxylic acids is 2. The molecule has 0 aliphatic carbocycles. The largest absolute Gasteiger partial charge is 0.465 e. The summed E-state index contributed by atoms with van der Waals surface area (Å²) < 4.78 is 10.0. The van der Waals surface area contributed by atoms with Gasteiger partial charge >= 0.3 is 11.9 Å². The minimum Gasteiger partial charge on any atom is -0.465 e. The summed E-state index contributed by atoms with van der Waals surface area (Å²) in [5.74, 6) is -0.731. The number of rotatable bonds is 12. The summed E-state index contributed by atoms with van der Waals surface area (Å²) >= 11 is 9.31. The highest BCUT2D eigenvalue weighted by molar-refractivity contribution is 8.00. The van der Waals surface area contributed by atoms with Gasteiger partial charge in [0.05, 0.1) is 25.3 Å². The van der Waals surface area contributed by atoms with Gasteiger partial charge in [-0.25, -0.2) is 9.59 Å². The van der Waals surface area contributed by atoms with Crippen LogP contribution in [-0.2, 0) is 52.8 Å². The van der Waals surface area contributed by atoms with E-state index in [0.717, 1.165) is 42.5 Å². The average molecular weight is 1990 g/mol. The minimum atomic E-state index is -0.366. The number of hydrogen-bond acceptors (Lipinski definition) is 9. The van der Waals surface area contributed by atoms with Crippen molar-refractivity contribution < 1.29 is 19.1 Å². The van der Waals surface area contributed by atoms with Crippen molar-refractivity contribution in [2.24, 2.45) is 0 Å². The average Bonchev–Trinajstić information content (AvgIpc) is 0.745. The maximum absolute atomic E-state index is 12.5. The summed E-state index contributed by atoms with van der Waals surface area (Å²) in [6.45, 7) is 86.6. The van der Waals surface area contributed by atoms with Crippen molar-refractivity contribution in [3.8, 4) is 0 Å². The highest BCUT2D eigenvalue weighted by atomic mass is 32.2. The van der Waals surface area contributed by atoms with E-state index in [9.17, 15) is 9.59 Å². The second-order valence-electron chi connectivity index (χ2n) is 47.9. The molecular formula is C134H158O4S5. The molecular weight excluding hydrogens is 1830 g/mol. The van der Waals surface area contributed by atoms with Gasteiger partial charge in [-0.15, -0.1) is 0 Å². The van der Waals surface area contributed by atoms with Gasteiger partial charge in [-0.2, -0.15) is 0 Å². The number of fused-ring (bicyclic) bond motifs is 6. The molecule has 0 amide bonds. The van der Waals surface area contributed by atoms with Crippen LogP contribution in [0.5, 0.6) is 0 Å². The molecule has 0 fully saturated rings. The monoisotopic (exact) mass is 1990 g/mol. The van der Waals surface area contributed by atoms with E-state index in [1.54, 1.807) is 11.8 Å². The molecule has 0 saturated heterocycles. The SMILES string of the molecule is COC(=O)c1cc2ccccc2c(Sc2c(C)c(C(=O)OC)cc3ccccc23)c1C.Cc1c(C(C)(C)C)cc2cc(C(C)(C)C)ccc2c1Sc1c(C)c(C(C)(C)C)cc2cc(C(C)(C)C)ccc12.Cc1c(Sc2cc(C(C)(C)C)cc(C(C)(C)C)c2C)cc(C(C)(C)C)cc1C(C)(C)C.Cc1cc(C)c(C)c(Sc2cc(C)cc(C)c2C)c1.Cc1ccc2ccccc2c1Sc1c(C)ccc2ccccc12. The predicted molar refractivity (Wildman–Crippen MR) is 629 cm³/mol. The Labute approximate surface area is 880 Å². The van der Waals surface area contributed by atoms with E-state index in [-0.39, 0.29) is 55.3 Å². The molecule has 9 heteroatoms. The zero-order valence-electron chi connectivity index (χ0n) is 93.6. The molecule has 143 heavy (non-hydrogen) atoms. The number of methoxy groups -OCH3 is 2. The van der Waals surface area contributed by atoms with Crippen LogP contribution in [0.2, 0.25) is 0 Å². The molecule has 0 heterocycles. The summed E-state index contributed by atoms with van der Waals surface area (Å²) in [5.41, 5.74) is 31.6. The van der Waals surface area contributed by atoms with Crippen molar-refractivity contribution >= 4 is 135 Å². The summed E-state index contributed by atoms with van der Waals surface area (Å²) in [4.78, 5) is 37.9. The first-order valence-corrected chi connectivity index (χ1v) is 54.8. The second kappa shape index (κ2) is 43.8. The van der Waals surface area contributed by atoms with E-state index in [4.69, 9.17) is 9.47 Å². The first-order chi connectivity index (χ1) is 66.5. The normalized spacial score (nSPS) is 12.3. The first kappa shape index (κ1) is 112. The van der Waals surface area contributed by atoms with Gasteiger partial charge in [0.25, 0.3) is 0 Å². The van der Waals surface area contributed by atoms with E-state index in [1.165, 1.54) is 208 Å². The molecule has 0 spiro atoms. The van der Waals surface area contributed by atoms with Gasteiger partial charge in [0.15, 0.2) is 0 Å². The molecule has 16 aromatic carbocycles. The molecule has 4 nitrogen and oxygen atoms in total. The summed E-state index contributed by atoms with van der Waals surface area (Å²) in [6.07, 6.45) is 0. The third-order valence-electron chi connectivity index (χ3n) is 28.1. The Morgan fingerprint density at radius 2 is 0.469 bits per heavy atom. The standard InChI is InChI=1S/C38H50S.C30H46S.C26H22O4S.C22H18S.C18H22S/c1-23-31(37(9,10)11)21-25-19-27(35(3,4)5)15-17-29(25)33(23)39-34-24(2)32(38(12,13)14)22-26-20-28(36(6,7)8)16-18-30(26)34;1-19-23(29(9,10)11)15-21(27(3,4)5)17-25(19)31-26-18-22(28(6,7)8)16-24(20(26)2)30(12,13)14;1-15-21(25(27)29-3)13-17-9-5-7-11-19(17)23(15)31-24-16(2)22(26(28)30-4)14-18-10-6-8-12-20(18)24;1-15-11-13-17-7-3-5-9-19(17)21(15)23-22-16(2)12-14-18-8-4-6-10-20(18)22;1-11-7-13(3)15(5)17(9-11)19-18-10-12(2)8-14(4)16(18)6/h15-22H,1-14H3;15-18H,1-14H3;5-14H,1-4H3;3-14H,1-2H3;7-10H,1-6H3. The lowest BCUT2D eigenvalue weighted by molar-refractivity contribution is 0.0591. The fourth-order valence-electron chi connectivity index (χ4n) is 19.2. The molecule has 16 rings (SSSR count). The van der Waals surface area contributed by atoms with Gasteiger partial charge in [-0.3, -0.25) is 0 Å². The quantitative estimate of drug-likeness (QED) is 0.111. The van der Waals surface area contributed by atoms with E-state index in [2.05, 4.69) is 419 Å². The second-order valence-corrected chi connectivity index (χ2v) is 53.1. The van der Waals surface area contributed by atoms with Crippen LogP contribution in [0.25, 0.3) is 64.6 Å². The zero-order chi connectivity index (χ0) is 106. The van der Waals surface area contributed by atoms with Crippen LogP contribution in [0, 0.1) is 96.9 Å². The highest BCUT2D eigenvalue weighted by Crippen LogP contribution is 2.52. The molecule has 0 unspecified atom stereocenters. The van der Waals surface area contributed by atoms with Crippen molar-refractivity contribution in [2.75, 3.05) is 14.2 Å². The summed E-state index contributed by atoms with van der Waals surface area (Å²) in [6, 6.07) is 83.9. The lowest BCUT2D eigenvalue weighted by Gasteiger charge is -2.30. The molecule has 748 valence electrons. The topological polar surface area (TPSA) is 52.6 Å². The summed E-state index contributed by atoms with van der Waals surface area (Å²) in [5, 5.41) is 14.7. The molecule has 0 aliphatic rings. The number of carbonyl (C=O) groups is 2. The van der Waals surface area contributed by atoms with Crippen LogP contribution in [0.3, 0.4) is 0 Å². The van der Waals surface area contributed by atoms with Gasteiger partial charge in [0, 0.05) is 49.0 Å². The fraction of sp³-hybridized carbons (Fsp3) is 0.358. The highest BCUT2D eigenvalue weighted by Gasteiger charge is 2.32. The number of hydrogen-bond donors (Lipinski definition) is 0. The Morgan fingerprint density at radius 3 is 0.769 bits per heavy atom. The molecule has 0 aromatic heterocycles. The fourth-order valence-corrected chi connectivity index (χ4v) is 25.6. The minimum absolute atomic E-state index is 0.0668. The first-order valence-electron chi connectivity index (χ1n) is 50.7. The summed E-state index contributed by atoms with van der Waals surface area (Å²) in [7, 11) is 2.78. The molecule has 0 bridgehead atoms. The maximum atomic E-state index is 12.5. The Bertz CT molecular complexity index is 7080. The van der Waals surface area contributed by atoms with Crippen molar-refractivity contribution in [1.82, 2.24) is 0 Å². The molecule has 0 N–H and O–H groups in total. The lowest BCUT2D eigenvalue weighted by Crippen LogP contribution is -2.19. The third kappa shape index (κ3) is 25.7. The van der Waals surface area contributed by atoms with Crippen LogP contribution in [-0.4, -0.2) is 26.2 Å². The van der Waals surface area contributed by atoms with Gasteiger partial charge in [0.2, 0.25) is 0 Å². The van der Waals surface area contributed by atoms with E-state index in [0.29, 0.717) is 11.1 Å². The Hall–Kier alpha value is -10.2. The molecule has 0 atom stereocenters. The third-order valence-corrected chi connectivity index (χ3v) is 35.1. The van der Waals surface area contributed by atoms with Gasteiger partial charge < -0.3 is 9.47 Å². The molecule has 0 radical (unpaired) electrons.